The number of carbonyl (C=O) groups excluding carboxylic acids is 1. The van der Waals surface area contributed by atoms with Crippen molar-refractivity contribution in [1.29, 1.82) is 0 Å². The number of ether oxygens (including phenoxy) is 2. The summed E-state index contributed by atoms with van der Waals surface area (Å²) in [5.41, 5.74) is 1.70. The molecule has 0 aliphatic heterocycles. The van der Waals surface area contributed by atoms with Crippen LogP contribution in [0.25, 0.3) is 0 Å². The molecule has 0 fully saturated rings. The smallest absolute Gasteiger partial charge is 0.408 e. The molecule has 1 amide bonds. The summed E-state index contributed by atoms with van der Waals surface area (Å²) in [6.45, 7) is 13.2. The fourth-order valence-electron chi connectivity index (χ4n) is 4.24. The predicted molar refractivity (Wildman–Crippen MR) is 137 cm³/mol. The number of carboxylic acid groups (broad SMARTS) is 1. The second-order valence-corrected chi connectivity index (χ2v) is 10.7. The minimum atomic E-state index is -1.13. The number of hydrogen-bond donors (Lipinski definition) is 3. The van der Waals surface area contributed by atoms with Gasteiger partial charge in [0.1, 0.15) is 24.6 Å². The van der Waals surface area contributed by atoms with Gasteiger partial charge in [-0.3, -0.25) is 5.32 Å². The van der Waals surface area contributed by atoms with Crippen LogP contribution in [0.2, 0.25) is 0 Å². The molecule has 0 aliphatic carbocycles. The molecule has 2 aromatic carbocycles. The lowest BCUT2D eigenvalue weighted by molar-refractivity contribution is -0.139. The van der Waals surface area contributed by atoms with E-state index in [1.165, 1.54) is 0 Å². The molecule has 2 rings (SSSR count). The molecule has 0 bridgehead atoms. The Kier molecular flexibility index (Phi) is 10.1. The lowest BCUT2D eigenvalue weighted by atomic mass is 9.81. The minimum Gasteiger partial charge on any atom is -0.480 e. The highest BCUT2D eigenvalue weighted by atomic mass is 16.5. The largest absolute Gasteiger partial charge is 0.480 e. The van der Waals surface area contributed by atoms with Gasteiger partial charge >= 0.3 is 12.1 Å². The van der Waals surface area contributed by atoms with Crippen LogP contribution in [0, 0.1) is 5.41 Å². The summed E-state index contributed by atoms with van der Waals surface area (Å²) in [4.78, 5) is 23.8. The van der Waals surface area contributed by atoms with Gasteiger partial charge in [-0.25, -0.2) is 9.59 Å². The van der Waals surface area contributed by atoms with Crippen molar-refractivity contribution in [3.05, 3.63) is 65.7 Å². The second kappa shape index (κ2) is 12.6. The van der Waals surface area contributed by atoms with E-state index < -0.39 is 18.1 Å². The first-order chi connectivity index (χ1) is 16.4. The summed E-state index contributed by atoms with van der Waals surface area (Å²) < 4.78 is 11.3. The SMILES string of the molecule is CCC(NC(C)(C)CC(C)(C)C)Oc1ccc(CC(NC(=O)OCc2ccccc2)C(=O)O)cc1. The Labute approximate surface area is 209 Å². The quantitative estimate of drug-likeness (QED) is 0.343. The van der Waals surface area contributed by atoms with Crippen molar-refractivity contribution in [2.24, 2.45) is 5.41 Å². The molecule has 7 nitrogen and oxygen atoms in total. The lowest BCUT2D eigenvalue weighted by Gasteiger charge is -2.36. The summed E-state index contributed by atoms with van der Waals surface area (Å²) in [5.74, 6) is -0.430. The van der Waals surface area contributed by atoms with Crippen LogP contribution in [-0.4, -0.2) is 35.0 Å². The van der Waals surface area contributed by atoms with Crippen LogP contribution >= 0.6 is 0 Å². The zero-order valence-corrected chi connectivity index (χ0v) is 21.8. The third-order valence-electron chi connectivity index (χ3n) is 5.34. The first kappa shape index (κ1) is 28.2. The second-order valence-electron chi connectivity index (χ2n) is 10.7. The lowest BCUT2D eigenvalue weighted by Crippen LogP contribution is -2.50. The van der Waals surface area contributed by atoms with E-state index in [0.717, 1.165) is 24.0 Å². The number of benzene rings is 2. The first-order valence-corrected chi connectivity index (χ1v) is 12.1. The van der Waals surface area contributed by atoms with Crippen LogP contribution in [0.15, 0.2) is 54.6 Å². The number of carboxylic acids is 1. The number of nitrogens with one attached hydrogen (secondary N) is 2. The van der Waals surface area contributed by atoms with Crippen molar-refractivity contribution in [2.45, 2.75) is 85.2 Å². The maximum absolute atomic E-state index is 12.1. The Morgan fingerprint density at radius 3 is 2.11 bits per heavy atom. The maximum atomic E-state index is 12.1. The highest BCUT2D eigenvalue weighted by molar-refractivity contribution is 5.80. The molecule has 0 saturated heterocycles. The fourth-order valence-corrected chi connectivity index (χ4v) is 4.24. The van der Waals surface area contributed by atoms with E-state index in [9.17, 15) is 14.7 Å². The molecule has 2 aromatic rings. The zero-order valence-electron chi connectivity index (χ0n) is 21.8. The van der Waals surface area contributed by atoms with E-state index in [-0.39, 0.29) is 30.2 Å². The third-order valence-corrected chi connectivity index (χ3v) is 5.34. The van der Waals surface area contributed by atoms with Crippen LogP contribution in [-0.2, 0) is 22.6 Å². The Morgan fingerprint density at radius 2 is 1.57 bits per heavy atom. The van der Waals surface area contributed by atoms with Crippen molar-refractivity contribution in [3.63, 3.8) is 0 Å². The van der Waals surface area contributed by atoms with Gasteiger partial charge in [-0.1, -0.05) is 70.2 Å². The van der Waals surface area contributed by atoms with E-state index in [1.807, 2.05) is 54.6 Å². The van der Waals surface area contributed by atoms with Gasteiger partial charge in [0.25, 0.3) is 0 Å². The van der Waals surface area contributed by atoms with E-state index in [0.29, 0.717) is 5.75 Å². The van der Waals surface area contributed by atoms with Gasteiger partial charge in [0, 0.05) is 12.0 Å². The number of amides is 1. The molecule has 35 heavy (non-hydrogen) atoms. The van der Waals surface area contributed by atoms with Crippen molar-refractivity contribution in [3.8, 4) is 5.75 Å². The zero-order chi connectivity index (χ0) is 26.1. The standard InChI is InChI=1S/C28H40N2O5/c1-7-24(30-28(5,6)19-27(2,3)4)35-22-15-13-20(14-16-22)17-23(25(31)32)29-26(33)34-18-21-11-9-8-10-12-21/h8-16,23-24,30H,7,17-19H2,1-6H3,(H,29,33)(H,31,32). The molecule has 0 heterocycles. The van der Waals surface area contributed by atoms with Crippen LogP contribution in [0.1, 0.15) is 65.5 Å². The normalized spacial score (nSPS) is 13.5. The maximum Gasteiger partial charge on any atom is 0.408 e. The van der Waals surface area contributed by atoms with Crippen LogP contribution in [0.5, 0.6) is 5.75 Å². The molecule has 0 aromatic heterocycles. The van der Waals surface area contributed by atoms with Gasteiger partial charge in [0.15, 0.2) is 0 Å². The Morgan fingerprint density at radius 1 is 0.943 bits per heavy atom. The molecule has 2 atom stereocenters. The summed E-state index contributed by atoms with van der Waals surface area (Å²) in [7, 11) is 0. The first-order valence-electron chi connectivity index (χ1n) is 12.1. The molecule has 7 heteroatoms. The average Bonchev–Trinajstić information content (AvgIpc) is 2.76. The number of alkyl carbamates (subject to hydrolysis) is 1. The van der Waals surface area contributed by atoms with E-state index in [1.54, 1.807) is 0 Å². The Hall–Kier alpha value is -3.06. The van der Waals surface area contributed by atoms with Gasteiger partial charge < -0.3 is 19.9 Å². The van der Waals surface area contributed by atoms with Gasteiger partial charge in [-0.2, -0.15) is 0 Å². The highest BCUT2D eigenvalue weighted by Crippen LogP contribution is 2.27. The Balaban J connectivity index is 1.92. The van der Waals surface area contributed by atoms with E-state index in [2.05, 4.69) is 52.2 Å². The van der Waals surface area contributed by atoms with Gasteiger partial charge in [0.2, 0.25) is 0 Å². The van der Waals surface area contributed by atoms with E-state index >= 15 is 0 Å². The van der Waals surface area contributed by atoms with Crippen LogP contribution in [0.3, 0.4) is 0 Å². The number of rotatable bonds is 12. The van der Waals surface area contributed by atoms with Crippen LogP contribution < -0.4 is 15.4 Å². The Bertz CT molecular complexity index is 936. The van der Waals surface area contributed by atoms with Gasteiger partial charge in [0.05, 0.1) is 0 Å². The summed E-state index contributed by atoms with van der Waals surface area (Å²) in [6.07, 6.45) is 1.01. The van der Waals surface area contributed by atoms with Crippen molar-refractivity contribution >= 4 is 12.1 Å². The predicted octanol–water partition coefficient (Wildman–Crippen LogP) is 5.53. The number of aliphatic carboxylic acids is 1. The molecular formula is C28H40N2O5. The molecule has 0 saturated carbocycles. The summed E-state index contributed by atoms with van der Waals surface area (Å²) in [5, 5.41) is 15.6. The minimum absolute atomic E-state index is 0.0736. The highest BCUT2D eigenvalue weighted by Gasteiger charge is 2.28. The molecule has 3 N–H and O–H groups in total. The molecule has 192 valence electrons. The molecule has 0 radical (unpaired) electrons. The monoisotopic (exact) mass is 484 g/mol. The fraction of sp³-hybridized carbons (Fsp3) is 0.500. The molecule has 2 unspecified atom stereocenters. The van der Waals surface area contributed by atoms with Gasteiger partial charge in [-0.15, -0.1) is 0 Å². The summed E-state index contributed by atoms with van der Waals surface area (Å²) >= 11 is 0. The van der Waals surface area contributed by atoms with Crippen LogP contribution in [0.4, 0.5) is 4.79 Å². The summed E-state index contributed by atoms with van der Waals surface area (Å²) in [6, 6.07) is 15.4. The van der Waals surface area contributed by atoms with Crippen molar-refractivity contribution in [1.82, 2.24) is 10.6 Å². The van der Waals surface area contributed by atoms with Crippen molar-refractivity contribution in [2.75, 3.05) is 0 Å². The number of hydrogen-bond acceptors (Lipinski definition) is 5. The topological polar surface area (TPSA) is 96.9 Å². The van der Waals surface area contributed by atoms with Gasteiger partial charge in [-0.05, 0) is 55.4 Å². The van der Waals surface area contributed by atoms with E-state index in [4.69, 9.17) is 9.47 Å². The molecule has 0 spiro atoms. The third kappa shape index (κ3) is 10.8. The molecular weight excluding hydrogens is 444 g/mol. The molecule has 0 aliphatic rings. The average molecular weight is 485 g/mol. The van der Waals surface area contributed by atoms with Crippen molar-refractivity contribution < 1.29 is 24.2 Å². The number of carbonyl (C=O) groups is 2.